The predicted molar refractivity (Wildman–Crippen MR) is 83.6 cm³/mol. The van der Waals surface area contributed by atoms with E-state index in [9.17, 15) is 0 Å². The minimum absolute atomic E-state index is 0.197. The molecule has 21 heavy (non-hydrogen) atoms. The van der Waals surface area contributed by atoms with Gasteiger partial charge in [-0.25, -0.2) is 10.8 Å². The maximum absolute atomic E-state index is 5.61. The summed E-state index contributed by atoms with van der Waals surface area (Å²) in [5.74, 6) is 7.86. The molecule has 116 valence electrons. The summed E-state index contributed by atoms with van der Waals surface area (Å²) in [7, 11) is 3.31. The lowest BCUT2D eigenvalue weighted by molar-refractivity contribution is 0.345. The van der Waals surface area contributed by atoms with Gasteiger partial charge in [0.05, 0.1) is 14.2 Å². The zero-order valence-corrected chi connectivity index (χ0v) is 13.1. The molecular formula is C15H24N4O2. The number of hydrogen-bond donors (Lipinski definition) is 2. The highest BCUT2D eigenvalue weighted by Gasteiger charge is 2.21. The molecular weight excluding hydrogens is 268 g/mol. The Kier molecular flexibility index (Phi) is 4.90. The Morgan fingerprint density at radius 1 is 1.24 bits per heavy atom. The number of rotatable bonds is 3. The molecule has 0 aliphatic carbocycles. The standard InChI is InChI=1S/C15H24N4O2/c1-10(2)17-15(18-16)19-6-5-11-7-13(20-3)14(21-4)8-12(11)9-19/h7-8,10H,5-6,9,16H2,1-4H3,(H,17,18). The molecule has 1 aliphatic rings. The molecule has 1 aromatic carbocycles. The monoisotopic (exact) mass is 292 g/mol. The Labute approximate surface area is 125 Å². The van der Waals surface area contributed by atoms with Crippen molar-refractivity contribution in [1.29, 1.82) is 0 Å². The van der Waals surface area contributed by atoms with Gasteiger partial charge >= 0.3 is 0 Å². The largest absolute Gasteiger partial charge is 0.493 e. The summed E-state index contributed by atoms with van der Waals surface area (Å²) in [4.78, 5) is 6.67. The van der Waals surface area contributed by atoms with E-state index >= 15 is 0 Å². The van der Waals surface area contributed by atoms with E-state index in [1.54, 1.807) is 14.2 Å². The van der Waals surface area contributed by atoms with Gasteiger partial charge in [0.15, 0.2) is 11.5 Å². The normalized spacial score (nSPS) is 15.0. The van der Waals surface area contributed by atoms with Gasteiger partial charge in [0, 0.05) is 19.1 Å². The van der Waals surface area contributed by atoms with Gasteiger partial charge in [-0.1, -0.05) is 0 Å². The molecule has 6 nitrogen and oxygen atoms in total. The van der Waals surface area contributed by atoms with Crippen LogP contribution in [0, 0.1) is 0 Å². The Hall–Kier alpha value is -1.95. The van der Waals surface area contributed by atoms with Crippen LogP contribution in [-0.4, -0.2) is 37.7 Å². The second-order valence-corrected chi connectivity index (χ2v) is 5.34. The van der Waals surface area contributed by atoms with Crippen LogP contribution in [0.3, 0.4) is 0 Å². The molecule has 0 saturated heterocycles. The molecule has 0 radical (unpaired) electrons. The number of ether oxygens (including phenoxy) is 2. The van der Waals surface area contributed by atoms with Gasteiger partial charge < -0.3 is 14.4 Å². The van der Waals surface area contributed by atoms with Crippen molar-refractivity contribution < 1.29 is 9.47 Å². The van der Waals surface area contributed by atoms with Crippen molar-refractivity contribution in [2.24, 2.45) is 10.8 Å². The molecule has 6 heteroatoms. The van der Waals surface area contributed by atoms with Gasteiger partial charge in [-0.3, -0.25) is 5.43 Å². The van der Waals surface area contributed by atoms with Gasteiger partial charge in [0.25, 0.3) is 0 Å². The molecule has 2 rings (SSSR count). The van der Waals surface area contributed by atoms with Crippen molar-refractivity contribution in [3.63, 3.8) is 0 Å². The first-order valence-electron chi connectivity index (χ1n) is 7.12. The summed E-state index contributed by atoms with van der Waals surface area (Å²) in [6, 6.07) is 4.28. The van der Waals surface area contributed by atoms with Crippen LogP contribution in [0.2, 0.25) is 0 Å². The molecule has 3 N–H and O–H groups in total. The lowest BCUT2D eigenvalue weighted by Crippen LogP contribution is -2.47. The van der Waals surface area contributed by atoms with E-state index in [2.05, 4.69) is 21.4 Å². The molecule has 0 amide bonds. The maximum Gasteiger partial charge on any atom is 0.208 e. The van der Waals surface area contributed by atoms with Crippen LogP contribution >= 0.6 is 0 Å². The molecule has 1 aliphatic heterocycles. The van der Waals surface area contributed by atoms with E-state index in [0.717, 1.165) is 37.0 Å². The van der Waals surface area contributed by atoms with Crippen LogP contribution in [0.5, 0.6) is 11.5 Å². The molecule has 1 heterocycles. The lowest BCUT2D eigenvalue weighted by atomic mass is 9.99. The second-order valence-electron chi connectivity index (χ2n) is 5.34. The molecule has 0 aromatic heterocycles. The molecule has 0 atom stereocenters. The van der Waals surface area contributed by atoms with Crippen LogP contribution in [0.4, 0.5) is 0 Å². The summed E-state index contributed by atoms with van der Waals surface area (Å²) >= 11 is 0. The average Bonchev–Trinajstić information content (AvgIpc) is 2.50. The number of benzene rings is 1. The highest BCUT2D eigenvalue weighted by atomic mass is 16.5. The molecule has 0 spiro atoms. The third kappa shape index (κ3) is 3.39. The summed E-state index contributed by atoms with van der Waals surface area (Å²) in [6.45, 7) is 5.69. The number of hydrazine groups is 1. The quantitative estimate of drug-likeness (QED) is 0.380. The topological polar surface area (TPSA) is 72.1 Å². The Morgan fingerprint density at radius 2 is 1.86 bits per heavy atom. The highest BCUT2D eigenvalue weighted by molar-refractivity contribution is 5.80. The molecule has 0 saturated carbocycles. The highest BCUT2D eigenvalue weighted by Crippen LogP contribution is 2.33. The van der Waals surface area contributed by atoms with Crippen molar-refractivity contribution in [3.8, 4) is 11.5 Å². The second kappa shape index (κ2) is 6.67. The van der Waals surface area contributed by atoms with E-state index in [4.69, 9.17) is 15.3 Å². The summed E-state index contributed by atoms with van der Waals surface area (Å²) < 4.78 is 10.7. The maximum atomic E-state index is 5.61. The van der Waals surface area contributed by atoms with Crippen LogP contribution in [0.15, 0.2) is 17.1 Å². The fourth-order valence-corrected chi connectivity index (χ4v) is 2.52. The summed E-state index contributed by atoms with van der Waals surface area (Å²) in [5.41, 5.74) is 5.20. The number of nitrogens with one attached hydrogen (secondary N) is 1. The van der Waals surface area contributed by atoms with Crippen molar-refractivity contribution in [2.45, 2.75) is 32.9 Å². The van der Waals surface area contributed by atoms with Gasteiger partial charge in [-0.05, 0) is 43.5 Å². The van der Waals surface area contributed by atoms with E-state index in [1.165, 1.54) is 11.1 Å². The van der Waals surface area contributed by atoms with E-state index in [1.807, 2.05) is 19.9 Å². The fraction of sp³-hybridized carbons (Fsp3) is 0.533. The van der Waals surface area contributed by atoms with Gasteiger partial charge in [0.1, 0.15) is 0 Å². The molecule has 0 fully saturated rings. The van der Waals surface area contributed by atoms with Crippen molar-refractivity contribution in [1.82, 2.24) is 10.3 Å². The zero-order valence-electron chi connectivity index (χ0n) is 13.1. The van der Waals surface area contributed by atoms with Crippen LogP contribution in [-0.2, 0) is 13.0 Å². The van der Waals surface area contributed by atoms with Crippen LogP contribution in [0.1, 0.15) is 25.0 Å². The zero-order chi connectivity index (χ0) is 15.4. The van der Waals surface area contributed by atoms with E-state index in [0.29, 0.717) is 0 Å². The Balaban J connectivity index is 2.27. The predicted octanol–water partition coefficient (Wildman–Crippen LogP) is 1.29. The molecule has 1 aromatic rings. The number of methoxy groups -OCH3 is 2. The van der Waals surface area contributed by atoms with E-state index in [-0.39, 0.29) is 6.04 Å². The third-order valence-corrected chi connectivity index (χ3v) is 3.53. The SMILES string of the molecule is COc1cc2c(cc1OC)CN(C(=NC(C)C)NN)CC2. The number of nitrogens with zero attached hydrogens (tertiary/aromatic N) is 2. The lowest BCUT2D eigenvalue weighted by Gasteiger charge is -2.31. The smallest absolute Gasteiger partial charge is 0.208 e. The van der Waals surface area contributed by atoms with Gasteiger partial charge in [-0.15, -0.1) is 0 Å². The number of aliphatic imine (C=N–C) groups is 1. The van der Waals surface area contributed by atoms with Gasteiger partial charge in [0.2, 0.25) is 5.96 Å². The number of fused-ring (bicyclic) bond motifs is 1. The summed E-state index contributed by atoms with van der Waals surface area (Å²) in [5, 5.41) is 0. The molecule has 0 bridgehead atoms. The first kappa shape index (κ1) is 15.4. The van der Waals surface area contributed by atoms with Crippen molar-refractivity contribution in [3.05, 3.63) is 23.3 Å². The first-order chi connectivity index (χ1) is 10.1. The van der Waals surface area contributed by atoms with Crippen LogP contribution < -0.4 is 20.7 Å². The van der Waals surface area contributed by atoms with Crippen molar-refractivity contribution >= 4 is 5.96 Å². The number of guanidine groups is 1. The minimum atomic E-state index is 0.197. The molecule has 0 unspecified atom stereocenters. The Bertz CT molecular complexity index is 529. The first-order valence-corrected chi connectivity index (χ1v) is 7.12. The van der Waals surface area contributed by atoms with Gasteiger partial charge in [-0.2, -0.15) is 0 Å². The van der Waals surface area contributed by atoms with E-state index < -0.39 is 0 Å². The van der Waals surface area contributed by atoms with Crippen LogP contribution in [0.25, 0.3) is 0 Å². The number of hydrogen-bond acceptors (Lipinski definition) is 4. The Morgan fingerprint density at radius 3 is 2.38 bits per heavy atom. The summed E-state index contributed by atoms with van der Waals surface area (Å²) in [6.07, 6.45) is 0.925. The third-order valence-electron chi connectivity index (χ3n) is 3.53. The fourth-order valence-electron chi connectivity index (χ4n) is 2.52. The van der Waals surface area contributed by atoms with Crippen molar-refractivity contribution in [2.75, 3.05) is 20.8 Å². The minimum Gasteiger partial charge on any atom is -0.493 e. The number of nitrogens with two attached hydrogens (primary N) is 1. The average molecular weight is 292 g/mol.